The number of halogens is 1. The Morgan fingerprint density at radius 2 is 1.96 bits per heavy atom. The van der Waals surface area contributed by atoms with Crippen LogP contribution < -0.4 is 10.1 Å². The number of ether oxygens (including phenoxy) is 1. The fourth-order valence-corrected chi connectivity index (χ4v) is 3.92. The summed E-state index contributed by atoms with van der Waals surface area (Å²) in [5.41, 5.74) is 0.229. The van der Waals surface area contributed by atoms with Crippen molar-refractivity contribution >= 4 is 22.8 Å². The predicted octanol–water partition coefficient (Wildman–Crippen LogP) is 2.87. The number of nitrogens with zero attached hydrogens (tertiary/aromatic N) is 4. The first-order valence-electron chi connectivity index (χ1n) is 9.45. The average molecular weight is 373 g/mol. The van der Waals surface area contributed by atoms with Crippen LogP contribution in [-0.2, 0) is 0 Å². The van der Waals surface area contributed by atoms with Crippen LogP contribution in [0.2, 0.25) is 0 Å². The Labute approximate surface area is 157 Å². The van der Waals surface area contributed by atoms with Crippen LogP contribution in [0.1, 0.15) is 25.7 Å². The van der Waals surface area contributed by atoms with Gasteiger partial charge in [-0.3, -0.25) is 0 Å². The smallest absolute Gasteiger partial charge is 0.320 e. The van der Waals surface area contributed by atoms with E-state index < -0.39 is 5.82 Å². The number of hydrogen-bond acceptors (Lipinski definition) is 5. The normalized spacial score (nSPS) is 20.1. The molecule has 0 spiro atoms. The van der Waals surface area contributed by atoms with E-state index in [2.05, 4.69) is 15.3 Å². The van der Waals surface area contributed by atoms with Crippen molar-refractivity contribution in [3.05, 3.63) is 24.3 Å². The topological polar surface area (TPSA) is 70.6 Å². The highest BCUT2D eigenvalue weighted by Crippen LogP contribution is 2.29. The highest BCUT2D eigenvalue weighted by atomic mass is 19.1. The number of anilines is 1. The molecule has 1 aromatic heterocycles. The highest BCUT2D eigenvalue weighted by molar-refractivity contribution is 5.90. The second-order valence-corrected chi connectivity index (χ2v) is 7.11. The number of aromatic nitrogens is 2. The molecule has 1 N–H and O–H groups in total. The average Bonchev–Trinajstić information content (AvgIpc) is 3.23. The molecule has 3 heterocycles. The van der Waals surface area contributed by atoms with Gasteiger partial charge < -0.3 is 19.9 Å². The molecule has 8 heteroatoms. The second kappa shape index (κ2) is 7.54. The zero-order valence-corrected chi connectivity index (χ0v) is 15.4. The Morgan fingerprint density at radius 1 is 1.19 bits per heavy atom. The Hall–Kier alpha value is -2.64. The fourth-order valence-electron chi connectivity index (χ4n) is 3.92. The van der Waals surface area contributed by atoms with Gasteiger partial charge in [-0.25, -0.2) is 19.2 Å². The Bertz CT molecular complexity index is 840. The second-order valence-electron chi connectivity index (χ2n) is 7.11. The Kier molecular flexibility index (Phi) is 4.96. The van der Waals surface area contributed by atoms with Gasteiger partial charge in [-0.05, 0) is 37.8 Å². The lowest BCUT2D eigenvalue weighted by atomic mass is 10.1. The molecule has 2 saturated heterocycles. The van der Waals surface area contributed by atoms with Gasteiger partial charge in [0.05, 0.1) is 7.11 Å². The molecule has 2 aliphatic heterocycles. The van der Waals surface area contributed by atoms with E-state index in [9.17, 15) is 9.18 Å². The molecule has 27 heavy (non-hydrogen) atoms. The monoisotopic (exact) mass is 373 g/mol. The van der Waals surface area contributed by atoms with Crippen LogP contribution in [-0.4, -0.2) is 65.1 Å². The van der Waals surface area contributed by atoms with E-state index in [1.165, 1.54) is 13.4 Å². The number of fused-ring (bicyclic) bond motifs is 1. The van der Waals surface area contributed by atoms with Crippen molar-refractivity contribution in [3.8, 4) is 5.75 Å². The molecule has 0 aliphatic carbocycles. The molecule has 4 rings (SSSR count). The van der Waals surface area contributed by atoms with Gasteiger partial charge in [0.25, 0.3) is 0 Å². The van der Waals surface area contributed by atoms with Gasteiger partial charge in [0.15, 0.2) is 11.6 Å². The van der Waals surface area contributed by atoms with E-state index in [-0.39, 0.29) is 23.3 Å². The van der Waals surface area contributed by atoms with Crippen LogP contribution in [0, 0.1) is 5.82 Å². The molecule has 2 aromatic rings. The molecule has 2 amide bonds. The fraction of sp³-hybridized carbons (Fsp3) is 0.526. The van der Waals surface area contributed by atoms with Gasteiger partial charge in [-0.1, -0.05) is 0 Å². The van der Waals surface area contributed by atoms with Crippen molar-refractivity contribution in [2.75, 3.05) is 38.6 Å². The molecule has 7 nitrogen and oxygen atoms in total. The van der Waals surface area contributed by atoms with Crippen molar-refractivity contribution in [1.29, 1.82) is 0 Å². The number of methoxy groups -OCH3 is 1. The summed E-state index contributed by atoms with van der Waals surface area (Å²) in [4.78, 5) is 24.9. The summed E-state index contributed by atoms with van der Waals surface area (Å²) >= 11 is 0. The number of urea groups is 1. The van der Waals surface area contributed by atoms with Crippen LogP contribution >= 0.6 is 0 Å². The number of benzene rings is 1. The van der Waals surface area contributed by atoms with Crippen LogP contribution in [0.5, 0.6) is 5.75 Å². The lowest BCUT2D eigenvalue weighted by Gasteiger charge is -2.35. The van der Waals surface area contributed by atoms with Gasteiger partial charge in [-0.15, -0.1) is 0 Å². The molecule has 0 saturated carbocycles. The minimum atomic E-state index is -0.491. The maximum atomic E-state index is 14.5. The third-order valence-corrected chi connectivity index (χ3v) is 5.34. The number of likely N-dealkylation sites (tertiary alicyclic amines) is 2. The molecule has 1 aromatic carbocycles. The van der Waals surface area contributed by atoms with E-state index in [1.54, 1.807) is 12.1 Å². The SMILES string of the molecule is COc1ccc2c(NC3CCCN(C(=O)N4CCCC4)C3)ncnc2c1F. The summed E-state index contributed by atoms with van der Waals surface area (Å²) in [7, 11) is 1.43. The third kappa shape index (κ3) is 3.48. The van der Waals surface area contributed by atoms with Crippen LogP contribution in [0.25, 0.3) is 10.9 Å². The lowest BCUT2D eigenvalue weighted by Crippen LogP contribution is -2.49. The van der Waals surface area contributed by atoms with E-state index in [0.29, 0.717) is 17.7 Å². The van der Waals surface area contributed by atoms with Gasteiger partial charge in [0.1, 0.15) is 17.7 Å². The largest absolute Gasteiger partial charge is 0.494 e. The zero-order chi connectivity index (χ0) is 18.8. The van der Waals surface area contributed by atoms with Gasteiger partial charge in [0.2, 0.25) is 0 Å². The highest BCUT2D eigenvalue weighted by Gasteiger charge is 2.29. The Morgan fingerprint density at radius 3 is 2.74 bits per heavy atom. The minimum absolute atomic E-state index is 0.0774. The number of rotatable bonds is 3. The van der Waals surface area contributed by atoms with Crippen LogP contribution in [0.15, 0.2) is 18.5 Å². The molecular formula is C19H24FN5O2. The first-order chi connectivity index (χ1) is 13.2. The number of amides is 2. The van der Waals surface area contributed by atoms with E-state index >= 15 is 0 Å². The summed E-state index contributed by atoms with van der Waals surface area (Å²) in [5.74, 6) is 0.254. The molecule has 1 unspecified atom stereocenters. The van der Waals surface area contributed by atoms with Crippen LogP contribution in [0.3, 0.4) is 0 Å². The first-order valence-corrected chi connectivity index (χ1v) is 9.45. The number of nitrogens with one attached hydrogen (secondary N) is 1. The summed E-state index contributed by atoms with van der Waals surface area (Å²) in [6.07, 6.45) is 5.39. The van der Waals surface area contributed by atoms with Crippen molar-refractivity contribution in [3.63, 3.8) is 0 Å². The van der Waals surface area contributed by atoms with Crippen molar-refractivity contribution in [2.24, 2.45) is 0 Å². The molecule has 2 fully saturated rings. The molecule has 1 atom stereocenters. The summed E-state index contributed by atoms with van der Waals surface area (Å²) in [6, 6.07) is 3.54. The van der Waals surface area contributed by atoms with E-state index in [0.717, 1.165) is 45.3 Å². The first kappa shape index (κ1) is 17.8. The molecule has 0 bridgehead atoms. The van der Waals surface area contributed by atoms with E-state index in [4.69, 9.17) is 4.74 Å². The third-order valence-electron chi connectivity index (χ3n) is 5.34. The zero-order valence-electron chi connectivity index (χ0n) is 15.4. The number of hydrogen-bond donors (Lipinski definition) is 1. The summed E-state index contributed by atoms with van der Waals surface area (Å²) in [6.45, 7) is 3.11. The quantitative estimate of drug-likeness (QED) is 0.896. The molecule has 2 aliphatic rings. The van der Waals surface area contributed by atoms with Crippen molar-refractivity contribution in [2.45, 2.75) is 31.7 Å². The van der Waals surface area contributed by atoms with Gasteiger partial charge in [-0.2, -0.15) is 0 Å². The van der Waals surface area contributed by atoms with Crippen molar-refractivity contribution in [1.82, 2.24) is 19.8 Å². The van der Waals surface area contributed by atoms with E-state index in [1.807, 2.05) is 9.80 Å². The van der Waals surface area contributed by atoms with Crippen molar-refractivity contribution < 1.29 is 13.9 Å². The standard InChI is InChI=1S/C19H24FN5O2/c1-27-15-7-6-14-17(16(15)20)21-12-22-18(14)23-13-5-4-10-25(11-13)19(26)24-8-2-3-9-24/h6-7,12-13H,2-5,8-11H2,1H3,(H,21,22,23). The Balaban J connectivity index is 1.51. The maximum absolute atomic E-state index is 14.5. The molecule has 144 valence electrons. The van der Waals surface area contributed by atoms with Gasteiger partial charge in [0, 0.05) is 37.6 Å². The summed E-state index contributed by atoms with van der Waals surface area (Å²) in [5, 5.41) is 4.00. The molecule has 0 radical (unpaired) electrons. The number of carbonyl (C=O) groups excluding carboxylic acids is 1. The van der Waals surface area contributed by atoms with Crippen LogP contribution in [0.4, 0.5) is 15.0 Å². The minimum Gasteiger partial charge on any atom is -0.494 e. The lowest BCUT2D eigenvalue weighted by molar-refractivity contribution is 0.149. The summed E-state index contributed by atoms with van der Waals surface area (Å²) < 4.78 is 19.5. The maximum Gasteiger partial charge on any atom is 0.320 e. The predicted molar refractivity (Wildman–Crippen MR) is 100 cm³/mol. The molecular weight excluding hydrogens is 349 g/mol. The number of piperidine rings is 1. The van der Waals surface area contributed by atoms with Gasteiger partial charge >= 0.3 is 6.03 Å². The number of carbonyl (C=O) groups is 1.